The number of hydrogen-bond donors (Lipinski definition) is 2. The topological polar surface area (TPSA) is 93.7 Å². The van der Waals surface area contributed by atoms with Crippen molar-refractivity contribution in [3.05, 3.63) is 94.5 Å². The molecular weight excluding hydrogens is 540 g/mol. The molecule has 0 spiro atoms. The van der Waals surface area contributed by atoms with Crippen LogP contribution in [0.2, 0.25) is 0 Å². The maximum Gasteiger partial charge on any atom is 0.408 e. The highest BCUT2D eigenvalue weighted by Crippen LogP contribution is 2.53. The van der Waals surface area contributed by atoms with Crippen LogP contribution in [-0.2, 0) is 26.2 Å². The van der Waals surface area contributed by atoms with E-state index < -0.39 is 29.1 Å². The van der Waals surface area contributed by atoms with Crippen LogP contribution in [0.25, 0.3) is 0 Å². The maximum atomic E-state index is 14.0. The fourth-order valence-corrected chi connectivity index (χ4v) is 6.57. The summed E-state index contributed by atoms with van der Waals surface area (Å²) in [5, 5.41) is 5.92. The van der Waals surface area contributed by atoms with E-state index in [4.69, 9.17) is 9.47 Å². The molecule has 0 aromatic heterocycles. The van der Waals surface area contributed by atoms with E-state index in [1.807, 2.05) is 42.5 Å². The molecule has 1 saturated carbocycles. The van der Waals surface area contributed by atoms with Gasteiger partial charge in [0.1, 0.15) is 22.8 Å². The van der Waals surface area contributed by atoms with E-state index in [9.17, 15) is 14.4 Å². The van der Waals surface area contributed by atoms with Crippen LogP contribution < -0.4 is 15.4 Å². The van der Waals surface area contributed by atoms with Gasteiger partial charge in [-0.25, -0.2) is 9.59 Å². The zero-order valence-corrected chi connectivity index (χ0v) is 25.8. The number of aryl methyl sites for hydroxylation is 1. The lowest BCUT2D eigenvalue weighted by Crippen LogP contribution is -2.46. The van der Waals surface area contributed by atoms with Gasteiger partial charge in [0.15, 0.2) is 0 Å². The number of carbonyl (C=O) groups is 3. The van der Waals surface area contributed by atoms with Gasteiger partial charge in [0.2, 0.25) is 5.91 Å². The van der Waals surface area contributed by atoms with E-state index in [0.29, 0.717) is 5.75 Å². The highest BCUT2D eigenvalue weighted by Gasteiger charge is 2.53. The lowest BCUT2D eigenvalue weighted by Gasteiger charge is -2.39. The van der Waals surface area contributed by atoms with Crippen LogP contribution in [0.5, 0.6) is 5.75 Å². The summed E-state index contributed by atoms with van der Waals surface area (Å²) in [5.41, 5.74) is 4.45. The summed E-state index contributed by atoms with van der Waals surface area (Å²) in [7, 11) is 0. The Morgan fingerprint density at radius 2 is 1.63 bits per heavy atom. The molecule has 3 aromatic rings. The summed E-state index contributed by atoms with van der Waals surface area (Å²) in [6.45, 7) is 9.43. The van der Waals surface area contributed by atoms with E-state index in [-0.39, 0.29) is 18.2 Å². The Morgan fingerprint density at radius 1 is 0.953 bits per heavy atom. The molecule has 2 N–H and O–H groups in total. The second kappa shape index (κ2) is 12.2. The maximum absolute atomic E-state index is 14.0. The molecule has 43 heavy (non-hydrogen) atoms. The third kappa shape index (κ3) is 6.31. The van der Waals surface area contributed by atoms with Gasteiger partial charge >= 0.3 is 12.1 Å². The number of ether oxygens (including phenoxy) is 2. The number of esters is 1. The minimum Gasteiger partial charge on any atom is -0.444 e. The molecule has 226 valence electrons. The minimum atomic E-state index is -0.954. The van der Waals surface area contributed by atoms with Gasteiger partial charge < -0.3 is 20.1 Å². The van der Waals surface area contributed by atoms with Gasteiger partial charge in [0.25, 0.3) is 0 Å². The summed E-state index contributed by atoms with van der Waals surface area (Å²) in [4.78, 5) is 40.0. The van der Waals surface area contributed by atoms with Gasteiger partial charge in [0.05, 0.1) is 0 Å². The van der Waals surface area contributed by atoms with Crippen molar-refractivity contribution in [2.75, 3.05) is 5.32 Å². The Kier molecular flexibility index (Phi) is 8.63. The average Bonchev–Trinajstić information content (AvgIpc) is 3.28. The predicted molar refractivity (Wildman–Crippen MR) is 167 cm³/mol. The van der Waals surface area contributed by atoms with Crippen LogP contribution in [0.1, 0.15) is 80.7 Å². The molecule has 1 aliphatic heterocycles. The van der Waals surface area contributed by atoms with Gasteiger partial charge in [-0.2, -0.15) is 0 Å². The molecule has 2 atom stereocenters. The molecular formula is C36H42N2O5. The minimum absolute atomic E-state index is 0.0114. The molecule has 3 aromatic carbocycles. The Hall–Kier alpha value is -4.13. The van der Waals surface area contributed by atoms with Crippen molar-refractivity contribution in [1.29, 1.82) is 0 Å². The number of benzene rings is 3. The largest absolute Gasteiger partial charge is 0.444 e. The molecule has 1 aliphatic carbocycles. The Balaban J connectivity index is 1.43. The van der Waals surface area contributed by atoms with Crippen LogP contribution in [0, 0.1) is 19.8 Å². The van der Waals surface area contributed by atoms with E-state index in [1.165, 1.54) is 6.42 Å². The van der Waals surface area contributed by atoms with Crippen LogP contribution in [0.3, 0.4) is 0 Å². The van der Waals surface area contributed by atoms with Crippen molar-refractivity contribution in [3.8, 4) is 5.75 Å². The smallest absolute Gasteiger partial charge is 0.408 e. The third-order valence-corrected chi connectivity index (χ3v) is 8.76. The number of fused-ring (bicyclic) bond motifs is 1. The van der Waals surface area contributed by atoms with E-state index in [0.717, 1.165) is 59.2 Å². The Bertz CT molecular complexity index is 1490. The lowest BCUT2D eigenvalue weighted by molar-refractivity contribution is -0.136. The zero-order chi connectivity index (χ0) is 30.8. The first-order valence-electron chi connectivity index (χ1n) is 15.3. The molecule has 2 unspecified atom stereocenters. The number of alkyl carbamates (subject to hydrolysis) is 1. The van der Waals surface area contributed by atoms with Gasteiger partial charge in [0, 0.05) is 12.1 Å². The van der Waals surface area contributed by atoms with Crippen LogP contribution in [-0.4, -0.2) is 29.6 Å². The SMILES string of the molecule is Cc1ccc2c(c1C)NC(=O)C2(c1ccc(OC(=O)C(Cc2ccccc2)NC(=O)OC(C)(C)C)cc1)C1CCCCC1. The van der Waals surface area contributed by atoms with Gasteiger partial charge in [-0.3, -0.25) is 4.79 Å². The molecule has 1 heterocycles. The highest BCUT2D eigenvalue weighted by molar-refractivity contribution is 6.10. The quantitative estimate of drug-likeness (QED) is 0.228. The van der Waals surface area contributed by atoms with Crippen molar-refractivity contribution in [3.63, 3.8) is 0 Å². The first kappa shape index (κ1) is 30.3. The van der Waals surface area contributed by atoms with Gasteiger partial charge in [-0.05, 0) is 93.3 Å². The van der Waals surface area contributed by atoms with Gasteiger partial charge in [-0.1, -0.05) is 73.9 Å². The second-order valence-electron chi connectivity index (χ2n) is 12.9. The fourth-order valence-electron chi connectivity index (χ4n) is 6.57. The molecule has 7 heteroatoms. The first-order chi connectivity index (χ1) is 20.5. The lowest BCUT2D eigenvalue weighted by atomic mass is 9.62. The van der Waals surface area contributed by atoms with Crippen molar-refractivity contribution in [1.82, 2.24) is 5.32 Å². The average molecular weight is 583 g/mol. The number of rotatable bonds is 7. The van der Waals surface area contributed by atoms with Crippen LogP contribution in [0.4, 0.5) is 10.5 Å². The molecule has 2 aliphatic rings. The van der Waals surface area contributed by atoms with Crippen molar-refractivity contribution in [2.24, 2.45) is 5.92 Å². The monoisotopic (exact) mass is 582 g/mol. The first-order valence-corrected chi connectivity index (χ1v) is 15.3. The zero-order valence-electron chi connectivity index (χ0n) is 25.8. The molecule has 0 saturated heterocycles. The number of carbonyl (C=O) groups excluding carboxylic acids is 3. The third-order valence-electron chi connectivity index (χ3n) is 8.76. The van der Waals surface area contributed by atoms with Crippen molar-refractivity contribution >= 4 is 23.7 Å². The number of amides is 2. The number of nitrogens with one attached hydrogen (secondary N) is 2. The Labute approximate surface area is 254 Å². The second-order valence-corrected chi connectivity index (χ2v) is 12.9. The summed E-state index contributed by atoms with van der Waals surface area (Å²) in [6.07, 6.45) is 4.90. The summed E-state index contributed by atoms with van der Waals surface area (Å²) >= 11 is 0. The molecule has 5 rings (SSSR count). The predicted octanol–water partition coefficient (Wildman–Crippen LogP) is 7.16. The normalized spacial score (nSPS) is 19.2. The number of anilines is 1. The van der Waals surface area contributed by atoms with E-state index in [1.54, 1.807) is 32.9 Å². The molecule has 0 radical (unpaired) electrons. The fraction of sp³-hybridized carbons (Fsp3) is 0.417. The molecule has 0 bridgehead atoms. The summed E-state index contributed by atoms with van der Waals surface area (Å²) in [5.74, 6) is -0.0709. The Morgan fingerprint density at radius 3 is 2.28 bits per heavy atom. The summed E-state index contributed by atoms with van der Waals surface area (Å²) in [6, 6.07) is 20.0. The van der Waals surface area contributed by atoms with Crippen molar-refractivity contribution < 1.29 is 23.9 Å². The van der Waals surface area contributed by atoms with Gasteiger partial charge in [-0.15, -0.1) is 0 Å². The van der Waals surface area contributed by atoms with E-state index >= 15 is 0 Å². The van der Waals surface area contributed by atoms with Crippen LogP contribution in [0.15, 0.2) is 66.7 Å². The summed E-state index contributed by atoms with van der Waals surface area (Å²) < 4.78 is 11.2. The standard InChI is InChI=1S/C36H42N2O5/c1-23-16-21-29-31(24(23)2)38-33(40)36(29,26-14-10-7-11-15-26)27-17-19-28(20-18-27)42-32(39)30(22-25-12-8-6-9-13-25)37-34(41)43-35(3,4)5/h6,8-9,12-13,16-21,26,30H,7,10-11,14-15,22H2,1-5H3,(H,37,41)(H,38,40). The van der Waals surface area contributed by atoms with E-state index in [2.05, 4.69) is 36.6 Å². The molecule has 1 fully saturated rings. The molecule has 7 nitrogen and oxygen atoms in total. The highest BCUT2D eigenvalue weighted by atomic mass is 16.6. The van der Waals surface area contributed by atoms with Crippen LogP contribution >= 0.6 is 0 Å². The molecule has 2 amide bonds. The van der Waals surface area contributed by atoms with Crippen molar-refractivity contribution in [2.45, 2.75) is 90.2 Å². The number of hydrogen-bond acceptors (Lipinski definition) is 5.